The molecule has 4 nitrogen and oxygen atoms in total. The maximum absolute atomic E-state index is 13.2. The molecule has 2 rings (SSSR count). The Hall–Kier alpha value is -2.27. The third-order valence-electron chi connectivity index (χ3n) is 5.51. The first-order valence-corrected chi connectivity index (χ1v) is 11.8. The van der Waals surface area contributed by atoms with Crippen LogP contribution in [0.3, 0.4) is 0 Å². The van der Waals surface area contributed by atoms with Gasteiger partial charge in [0.1, 0.15) is 6.04 Å². The van der Waals surface area contributed by atoms with Gasteiger partial charge in [-0.2, -0.15) is 0 Å². The zero-order valence-electron chi connectivity index (χ0n) is 18.8. The van der Waals surface area contributed by atoms with Crippen LogP contribution in [0.1, 0.15) is 49.4 Å². The smallest absolute Gasteiger partial charge is 0.242 e. The Kier molecular flexibility index (Phi) is 9.44. The van der Waals surface area contributed by atoms with E-state index in [1.165, 1.54) is 11.1 Å². The van der Waals surface area contributed by atoms with Gasteiger partial charge in [-0.25, -0.2) is 0 Å². The van der Waals surface area contributed by atoms with E-state index < -0.39 is 6.04 Å². The van der Waals surface area contributed by atoms with E-state index in [1.54, 1.807) is 16.7 Å². The van der Waals surface area contributed by atoms with Gasteiger partial charge in [0, 0.05) is 18.3 Å². The summed E-state index contributed by atoms with van der Waals surface area (Å²) < 4.78 is 0. The molecular formula is C25H34N2O2S. The first-order valence-electron chi connectivity index (χ1n) is 10.6. The fourth-order valence-corrected chi connectivity index (χ4v) is 4.11. The van der Waals surface area contributed by atoms with Gasteiger partial charge < -0.3 is 10.2 Å². The lowest BCUT2D eigenvalue weighted by Gasteiger charge is -2.30. The molecule has 2 aromatic carbocycles. The third kappa shape index (κ3) is 6.91. The number of aryl methyl sites for hydroxylation is 2. The number of nitrogens with one attached hydrogen (secondary N) is 1. The Morgan fingerprint density at radius 2 is 1.53 bits per heavy atom. The lowest BCUT2D eigenvalue weighted by molar-refractivity contribution is -0.138. The summed E-state index contributed by atoms with van der Waals surface area (Å²) in [5, 5.41) is 3.01. The molecule has 2 atom stereocenters. The quantitative estimate of drug-likeness (QED) is 0.590. The molecule has 2 amide bonds. The lowest BCUT2D eigenvalue weighted by Crippen LogP contribution is -2.50. The average molecular weight is 427 g/mol. The first kappa shape index (κ1) is 24.0. The van der Waals surface area contributed by atoms with E-state index >= 15 is 0 Å². The van der Waals surface area contributed by atoms with Crippen molar-refractivity contribution >= 4 is 23.6 Å². The van der Waals surface area contributed by atoms with Gasteiger partial charge in [0.15, 0.2) is 0 Å². The molecule has 0 bridgehead atoms. The van der Waals surface area contributed by atoms with E-state index in [-0.39, 0.29) is 17.9 Å². The van der Waals surface area contributed by atoms with E-state index in [0.29, 0.717) is 12.3 Å². The summed E-state index contributed by atoms with van der Waals surface area (Å²) in [6, 6.07) is 15.8. The van der Waals surface area contributed by atoms with Crippen LogP contribution < -0.4 is 5.32 Å². The third-order valence-corrected chi connectivity index (χ3v) is 6.48. The number of nitrogens with zero attached hydrogens (tertiary/aromatic N) is 1. The zero-order valence-corrected chi connectivity index (χ0v) is 19.6. The van der Waals surface area contributed by atoms with Gasteiger partial charge in [0.05, 0.1) is 5.75 Å². The molecule has 1 N–H and O–H groups in total. The van der Waals surface area contributed by atoms with Crippen LogP contribution in [0.25, 0.3) is 0 Å². The Bertz CT molecular complexity index is 853. The summed E-state index contributed by atoms with van der Waals surface area (Å²) in [6.07, 6.45) is 0.858. The van der Waals surface area contributed by atoms with Crippen LogP contribution in [0.5, 0.6) is 0 Å². The monoisotopic (exact) mass is 426 g/mol. The molecule has 0 saturated carbocycles. The highest BCUT2D eigenvalue weighted by molar-refractivity contribution is 7.99. The molecule has 5 heteroatoms. The van der Waals surface area contributed by atoms with Crippen molar-refractivity contribution in [2.24, 2.45) is 0 Å². The minimum Gasteiger partial charge on any atom is -0.352 e. The number of benzene rings is 2. The van der Waals surface area contributed by atoms with Crippen molar-refractivity contribution in [3.8, 4) is 0 Å². The zero-order chi connectivity index (χ0) is 22.1. The van der Waals surface area contributed by atoms with Gasteiger partial charge in [0.25, 0.3) is 0 Å². The van der Waals surface area contributed by atoms with Crippen LogP contribution in [0, 0.1) is 13.8 Å². The van der Waals surface area contributed by atoms with Gasteiger partial charge in [0.2, 0.25) is 11.8 Å². The second-order valence-corrected chi connectivity index (χ2v) is 8.85. The van der Waals surface area contributed by atoms with Crippen LogP contribution in [-0.2, 0) is 21.9 Å². The lowest BCUT2D eigenvalue weighted by atomic mass is 10.1. The number of hydrogen-bond donors (Lipinski definition) is 1. The van der Waals surface area contributed by atoms with Gasteiger partial charge in [-0.05, 0) is 56.4 Å². The minimum absolute atomic E-state index is 0.0105. The van der Waals surface area contributed by atoms with E-state index in [1.807, 2.05) is 64.1 Å². The summed E-state index contributed by atoms with van der Waals surface area (Å²) >= 11 is 1.60. The van der Waals surface area contributed by atoms with Crippen molar-refractivity contribution in [1.82, 2.24) is 10.2 Å². The summed E-state index contributed by atoms with van der Waals surface area (Å²) in [5.41, 5.74) is 4.66. The molecular weight excluding hydrogens is 392 g/mol. The molecule has 0 aliphatic heterocycles. The van der Waals surface area contributed by atoms with E-state index in [2.05, 4.69) is 24.4 Å². The van der Waals surface area contributed by atoms with Crippen LogP contribution in [0.2, 0.25) is 0 Å². The minimum atomic E-state index is -0.523. The van der Waals surface area contributed by atoms with Gasteiger partial charge in [-0.1, -0.05) is 55.5 Å². The summed E-state index contributed by atoms with van der Waals surface area (Å²) in [7, 11) is 0. The van der Waals surface area contributed by atoms with E-state index in [0.717, 1.165) is 23.3 Å². The molecule has 0 heterocycles. The van der Waals surface area contributed by atoms with Crippen LogP contribution in [0.15, 0.2) is 48.5 Å². The molecule has 0 spiro atoms. The highest BCUT2D eigenvalue weighted by Gasteiger charge is 2.27. The molecule has 30 heavy (non-hydrogen) atoms. The molecule has 0 saturated heterocycles. The second kappa shape index (κ2) is 11.8. The SMILES string of the molecule is CC[C@@H](C)NC(=O)[C@@H](C)N(Cc1ccccc1C)C(=O)CSCc1ccccc1C. The topological polar surface area (TPSA) is 49.4 Å². The molecule has 162 valence electrons. The Labute approximate surface area is 185 Å². The average Bonchev–Trinajstić information content (AvgIpc) is 2.73. The number of carbonyl (C=O) groups excluding carboxylic acids is 2. The van der Waals surface area contributed by atoms with Crippen molar-refractivity contribution in [2.45, 2.75) is 65.4 Å². The van der Waals surface area contributed by atoms with E-state index in [9.17, 15) is 9.59 Å². The van der Waals surface area contributed by atoms with Crippen molar-refractivity contribution in [3.63, 3.8) is 0 Å². The molecule has 0 aromatic heterocycles. The normalized spacial score (nSPS) is 12.8. The standard InChI is InChI=1S/C25H34N2O2S/c1-6-20(4)26-25(29)21(5)27(15-22-13-9-7-11-18(22)2)24(28)17-30-16-23-14-10-8-12-19(23)3/h7-14,20-21H,6,15-17H2,1-5H3,(H,26,29)/t20-,21-/m1/s1. The number of hydrogen-bond acceptors (Lipinski definition) is 3. The van der Waals surface area contributed by atoms with Crippen molar-refractivity contribution in [2.75, 3.05) is 5.75 Å². The largest absolute Gasteiger partial charge is 0.352 e. The van der Waals surface area contributed by atoms with Gasteiger partial charge in [-0.15, -0.1) is 11.8 Å². The first-order chi connectivity index (χ1) is 14.3. The van der Waals surface area contributed by atoms with Crippen LogP contribution >= 0.6 is 11.8 Å². The van der Waals surface area contributed by atoms with Crippen molar-refractivity contribution in [1.29, 1.82) is 0 Å². The summed E-state index contributed by atoms with van der Waals surface area (Å²) in [6.45, 7) is 10.4. The predicted octanol–water partition coefficient (Wildman–Crippen LogP) is 4.87. The summed E-state index contributed by atoms with van der Waals surface area (Å²) in [4.78, 5) is 27.6. The molecule has 0 radical (unpaired) electrons. The Balaban J connectivity index is 2.10. The van der Waals surface area contributed by atoms with Crippen molar-refractivity contribution in [3.05, 3.63) is 70.8 Å². The molecule has 0 aliphatic carbocycles. The highest BCUT2D eigenvalue weighted by atomic mass is 32.2. The Morgan fingerprint density at radius 3 is 2.10 bits per heavy atom. The fraction of sp³-hybridized carbons (Fsp3) is 0.440. The molecule has 0 aliphatic rings. The molecule has 0 fully saturated rings. The number of thioether (sulfide) groups is 1. The number of amides is 2. The fourth-order valence-electron chi connectivity index (χ4n) is 3.12. The van der Waals surface area contributed by atoms with E-state index in [4.69, 9.17) is 0 Å². The number of carbonyl (C=O) groups is 2. The Morgan fingerprint density at radius 1 is 0.967 bits per heavy atom. The maximum atomic E-state index is 13.2. The number of rotatable bonds is 10. The second-order valence-electron chi connectivity index (χ2n) is 7.86. The molecule has 2 aromatic rings. The summed E-state index contributed by atoms with van der Waals surface area (Å²) in [5.74, 6) is 1.02. The van der Waals surface area contributed by atoms with Gasteiger partial charge >= 0.3 is 0 Å². The van der Waals surface area contributed by atoms with Crippen LogP contribution in [0.4, 0.5) is 0 Å². The van der Waals surface area contributed by atoms with Crippen LogP contribution in [-0.4, -0.2) is 34.6 Å². The van der Waals surface area contributed by atoms with Crippen molar-refractivity contribution < 1.29 is 9.59 Å². The molecule has 0 unspecified atom stereocenters. The maximum Gasteiger partial charge on any atom is 0.242 e. The van der Waals surface area contributed by atoms with Gasteiger partial charge in [-0.3, -0.25) is 9.59 Å². The predicted molar refractivity (Wildman–Crippen MR) is 126 cm³/mol. The highest BCUT2D eigenvalue weighted by Crippen LogP contribution is 2.19.